The van der Waals surface area contributed by atoms with Crippen molar-refractivity contribution in [3.8, 4) is 17.2 Å². The van der Waals surface area contributed by atoms with Crippen LogP contribution in [0.25, 0.3) is 0 Å². The minimum Gasteiger partial charge on any atom is -0.492 e. The van der Waals surface area contributed by atoms with Crippen LogP contribution in [0.4, 0.5) is 5.69 Å². The Balaban J connectivity index is 1.91. The van der Waals surface area contributed by atoms with Crippen molar-refractivity contribution in [3.63, 3.8) is 0 Å². The number of nitro groups is 1. The molecule has 0 amide bonds. The van der Waals surface area contributed by atoms with Crippen molar-refractivity contribution in [2.75, 3.05) is 21.3 Å². The van der Waals surface area contributed by atoms with Crippen molar-refractivity contribution in [1.82, 2.24) is 0 Å². The highest BCUT2D eigenvalue weighted by molar-refractivity contribution is 6.31. The summed E-state index contributed by atoms with van der Waals surface area (Å²) < 4.78 is 22.1. The Morgan fingerprint density at radius 3 is 1.87 bits per heavy atom. The van der Waals surface area contributed by atoms with Crippen LogP contribution in [-0.4, -0.2) is 36.0 Å². The third kappa shape index (κ3) is 5.04. The fraction of sp³-hybridized carbons (Fsp3) is 0.217. The Hall–Kier alpha value is -3.36. The second-order valence-corrected chi connectivity index (χ2v) is 7.66. The third-order valence-corrected chi connectivity index (χ3v) is 6.00. The maximum Gasteiger partial charge on any atom is 0.282 e. The van der Waals surface area contributed by atoms with Gasteiger partial charge in [-0.2, -0.15) is 0 Å². The van der Waals surface area contributed by atoms with Gasteiger partial charge in [-0.25, -0.2) is 0 Å². The molecule has 3 aromatic carbocycles. The first-order valence-corrected chi connectivity index (χ1v) is 10.5. The van der Waals surface area contributed by atoms with E-state index in [1.54, 1.807) is 0 Å². The third-order valence-electron chi connectivity index (χ3n) is 4.79. The molecule has 0 spiro atoms. The molecule has 0 aliphatic carbocycles. The van der Waals surface area contributed by atoms with Gasteiger partial charge < -0.3 is 18.6 Å². The highest BCUT2D eigenvalue weighted by Crippen LogP contribution is 2.45. The first kappa shape index (κ1) is 22.3. The Morgan fingerprint density at radius 2 is 1.42 bits per heavy atom. The van der Waals surface area contributed by atoms with Crippen LogP contribution in [0.1, 0.15) is 22.2 Å². The monoisotopic (exact) mass is 437 g/mol. The summed E-state index contributed by atoms with van der Waals surface area (Å²) >= 11 is 0. The summed E-state index contributed by atoms with van der Waals surface area (Å²) in [7, 11) is 4.35. The minimum atomic E-state index is -0.474. The molecule has 3 rings (SSSR count). The van der Waals surface area contributed by atoms with Crippen molar-refractivity contribution in [2.45, 2.75) is 12.1 Å². The molecule has 0 fully saturated rings. The maximum absolute atomic E-state index is 11.7. The van der Waals surface area contributed by atoms with Gasteiger partial charge in [-0.3, -0.25) is 10.1 Å². The van der Waals surface area contributed by atoms with Crippen LogP contribution in [0, 0.1) is 10.1 Å². The van der Waals surface area contributed by atoms with Gasteiger partial charge in [0.05, 0.1) is 38.9 Å². The van der Waals surface area contributed by atoms with Crippen molar-refractivity contribution in [2.24, 2.45) is 0 Å². The number of methoxy groups -OCH3 is 3. The zero-order valence-corrected chi connectivity index (χ0v) is 18.5. The molecule has 0 N–H and O–H groups in total. The van der Waals surface area contributed by atoms with Gasteiger partial charge in [0, 0.05) is 5.54 Å². The summed E-state index contributed by atoms with van der Waals surface area (Å²) in [6, 6.07) is 21.4. The van der Waals surface area contributed by atoms with E-state index in [9.17, 15) is 10.1 Å². The van der Waals surface area contributed by atoms with Crippen LogP contribution in [-0.2, 0) is 11.0 Å². The number of nitro benzene ring substituents is 1. The molecule has 0 atom stereocenters. The predicted octanol–water partition coefficient (Wildman–Crippen LogP) is 4.55. The summed E-state index contributed by atoms with van der Waals surface area (Å²) in [6.07, 6.45) is 0. The van der Waals surface area contributed by atoms with E-state index in [1.165, 1.54) is 27.4 Å². The van der Waals surface area contributed by atoms with E-state index >= 15 is 0 Å². The molecule has 0 saturated heterocycles. The van der Waals surface area contributed by atoms with Gasteiger partial charge in [0.15, 0.2) is 11.5 Å². The van der Waals surface area contributed by atoms with Crippen LogP contribution in [0.2, 0.25) is 0 Å². The van der Waals surface area contributed by atoms with Crippen LogP contribution >= 0.6 is 0 Å². The van der Waals surface area contributed by atoms with Gasteiger partial charge in [-0.05, 0) is 11.1 Å². The zero-order chi connectivity index (χ0) is 22.2. The van der Waals surface area contributed by atoms with Crippen LogP contribution in [0.3, 0.4) is 0 Å². The lowest BCUT2D eigenvalue weighted by atomic mass is 10.0. The molecule has 8 heteroatoms. The van der Waals surface area contributed by atoms with Crippen molar-refractivity contribution >= 4 is 15.5 Å². The van der Waals surface area contributed by atoms with E-state index < -0.39 is 4.92 Å². The summed E-state index contributed by atoms with van der Waals surface area (Å²) in [4.78, 5) is 11.2. The fourth-order valence-electron chi connectivity index (χ4n) is 3.32. The van der Waals surface area contributed by atoms with Gasteiger partial charge in [-0.1, -0.05) is 60.7 Å². The minimum absolute atomic E-state index is 0.00550. The second-order valence-electron chi connectivity index (χ2n) is 6.56. The second kappa shape index (κ2) is 10.6. The molecular weight excluding hydrogens is 414 g/mol. The van der Waals surface area contributed by atoms with Gasteiger partial charge >= 0.3 is 0 Å². The molecule has 0 aromatic heterocycles. The predicted molar refractivity (Wildman–Crippen MR) is 118 cm³/mol. The number of hydrogen-bond acceptors (Lipinski definition) is 6. The number of hydrogen-bond donors (Lipinski definition) is 0. The normalized spacial score (nSPS) is 10.7. The van der Waals surface area contributed by atoms with Gasteiger partial charge in [0.2, 0.25) is 15.5 Å². The Bertz CT molecular complexity index is 974. The highest BCUT2D eigenvalue weighted by Gasteiger charge is 2.28. The SMILES string of the molecule is COc1cc([N+](=O)[O-])c(CO[Si]C(c2ccccc2)c2ccccc2)c(OC)c1OC. The molecule has 0 unspecified atom stereocenters. The molecule has 31 heavy (non-hydrogen) atoms. The molecule has 160 valence electrons. The van der Waals surface area contributed by atoms with Crippen molar-refractivity contribution < 1.29 is 23.6 Å². The smallest absolute Gasteiger partial charge is 0.282 e. The van der Waals surface area contributed by atoms with Crippen LogP contribution < -0.4 is 14.2 Å². The molecule has 0 bridgehead atoms. The van der Waals surface area contributed by atoms with E-state index in [0.717, 1.165) is 11.1 Å². The fourth-order valence-corrected chi connectivity index (χ4v) is 4.37. The molecule has 0 saturated carbocycles. The zero-order valence-electron chi connectivity index (χ0n) is 17.5. The molecule has 7 nitrogen and oxygen atoms in total. The van der Waals surface area contributed by atoms with Crippen LogP contribution in [0.15, 0.2) is 66.7 Å². The van der Waals surface area contributed by atoms with E-state index in [0.29, 0.717) is 11.3 Å². The molecular formula is C23H23NO6Si. The summed E-state index contributed by atoms with van der Waals surface area (Å²) in [5.41, 5.74) is 2.39. The van der Waals surface area contributed by atoms with Gasteiger partial charge in [0.25, 0.3) is 5.69 Å². The molecule has 3 aromatic rings. The summed E-state index contributed by atoms with van der Waals surface area (Å²) in [5, 5.41) is 11.7. The quantitative estimate of drug-likeness (QED) is 0.263. The number of benzene rings is 3. The topological polar surface area (TPSA) is 80.1 Å². The first-order chi connectivity index (χ1) is 15.1. The number of nitrogens with zero attached hydrogens (tertiary/aromatic N) is 1. The van der Waals surface area contributed by atoms with Gasteiger partial charge in [0.1, 0.15) is 5.56 Å². The lowest BCUT2D eigenvalue weighted by Crippen LogP contribution is -2.14. The number of rotatable bonds is 10. The lowest BCUT2D eigenvalue weighted by Gasteiger charge is -2.19. The van der Waals surface area contributed by atoms with Crippen LogP contribution in [0.5, 0.6) is 17.2 Å². The van der Waals surface area contributed by atoms with Crippen molar-refractivity contribution in [3.05, 3.63) is 93.5 Å². The van der Waals surface area contributed by atoms with Crippen molar-refractivity contribution in [1.29, 1.82) is 0 Å². The molecule has 0 aliphatic rings. The Kier molecular flexibility index (Phi) is 7.63. The van der Waals surface area contributed by atoms with Gasteiger partial charge in [-0.15, -0.1) is 0 Å². The van der Waals surface area contributed by atoms with E-state index in [-0.39, 0.29) is 39.1 Å². The average molecular weight is 438 g/mol. The molecule has 0 aliphatic heterocycles. The summed E-state index contributed by atoms with van der Waals surface area (Å²) in [6.45, 7) is -0.00550. The first-order valence-electron chi connectivity index (χ1n) is 9.54. The average Bonchev–Trinajstić information content (AvgIpc) is 2.81. The Morgan fingerprint density at radius 1 is 0.871 bits per heavy atom. The maximum atomic E-state index is 11.7. The van der Waals surface area contributed by atoms with E-state index in [4.69, 9.17) is 18.6 Å². The van der Waals surface area contributed by atoms with E-state index in [1.807, 2.05) is 60.7 Å². The lowest BCUT2D eigenvalue weighted by molar-refractivity contribution is -0.386. The highest BCUT2D eigenvalue weighted by atomic mass is 28.2. The molecule has 0 heterocycles. The van der Waals surface area contributed by atoms with E-state index in [2.05, 4.69) is 0 Å². The Labute approximate surface area is 183 Å². The molecule has 2 radical (unpaired) electrons. The number of ether oxygens (including phenoxy) is 3. The standard InChI is InChI=1S/C23H23NO6Si/c1-27-20-14-19(24(25)26)18(21(28-2)22(20)29-3)15-30-31-23(16-10-6-4-7-11-16)17-12-8-5-9-13-17/h4-14,23H,15H2,1-3H3. The summed E-state index contributed by atoms with van der Waals surface area (Å²) in [5.74, 6) is 0.748. The largest absolute Gasteiger partial charge is 0.492 e.